The van der Waals surface area contributed by atoms with Crippen LogP contribution in [0.25, 0.3) is 0 Å². The summed E-state index contributed by atoms with van der Waals surface area (Å²) < 4.78 is 3.60. The third-order valence-corrected chi connectivity index (χ3v) is 3.31. The molecule has 2 heteroatoms. The van der Waals surface area contributed by atoms with Crippen molar-refractivity contribution < 1.29 is 19.4 Å². The van der Waals surface area contributed by atoms with Crippen LogP contribution in [0.15, 0.2) is 30.3 Å². The second kappa shape index (κ2) is 4.71. The summed E-state index contributed by atoms with van der Waals surface area (Å²) in [5, 5.41) is 0. The molecule has 0 N–H and O–H groups in total. The van der Waals surface area contributed by atoms with E-state index in [1.807, 2.05) is 0 Å². The molecule has 0 spiro atoms. The first-order valence-electron chi connectivity index (χ1n) is 3.74. The zero-order valence-corrected chi connectivity index (χ0v) is 8.60. The normalized spacial score (nSPS) is 10.1. The SMILES string of the molecule is C[N](C)[Ti][CH2]c1ccccc1. The third-order valence-electron chi connectivity index (χ3n) is 1.44. The molecule has 0 bridgehead atoms. The zero-order valence-electron chi connectivity index (χ0n) is 7.04. The van der Waals surface area contributed by atoms with Gasteiger partial charge in [0.25, 0.3) is 0 Å². The predicted molar refractivity (Wildman–Crippen MR) is 43.8 cm³/mol. The first-order valence-corrected chi connectivity index (χ1v) is 5.54. The molecule has 1 nitrogen and oxygen atoms in total. The van der Waals surface area contributed by atoms with Crippen molar-refractivity contribution in [3.8, 4) is 0 Å². The van der Waals surface area contributed by atoms with Gasteiger partial charge in [-0.15, -0.1) is 0 Å². The van der Waals surface area contributed by atoms with E-state index in [1.165, 1.54) is 10.3 Å². The molecule has 11 heavy (non-hydrogen) atoms. The van der Waals surface area contributed by atoms with E-state index in [4.69, 9.17) is 0 Å². The minimum absolute atomic E-state index is 0.0959. The number of rotatable bonds is 3. The summed E-state index contributed by atoms with van der Waals surface area (Å²) in [6, 6.07) is 10.7. The molecular formula is C9H13NTi. The summed E-state index contributed by atoms with van der Waals surface area (Å²) in [5.74, 6) is 0. The predicted octanol–water partition coefficient (Wildman–Crippen LogP) is 1.75. The molecule has 0 saturated heterocycles. The van der Waals surface area contributed by atoms with Crippen LogP contribution in [0.1, 0.15) is 5.56 Å². The van der Waals surface area contributed by atoms with Crippen molar-refractivity contribution in [2.75, 3.05) is 14.1 Å². The van der Waals surface area contributed by atoms with E-state index in [1.54, 1.807) is 0 Å². The van der Waals surface area contributed by atoms with Crippen LogP contribution in [-0.4, -0.2) is 17.5 Å². The van der Waals surface area contributed by atoms with Crippen LogP contribution in [0.2, 0.25) is 0 Å². The van der Waals surface area contributed by atoms with Gasteiger partial charge >= 0.3 is 77.5 Å². The minimum atomic E-state index is 0.0959. The van der Waals surface area contributed by atoms with E-state index >= 15 is 0 Å². The van der Waals surface area contributed by atoms with Gasteiger partial charge in [0.05, 0.1) is 0 Å². The Morgan fingerprint density at radius 2 is 1.82 bits per heavy atom. The summed E-state index contributed by atoms with van der Waals surface area (Å²) in [6.07, 6.45) is 0. The molecule has 0 amide bonds. The van der Waals surface area contributed by atoms with Crippen molar-refractivity contribution in [2.24, 2.45) is 0 Å². The van der Waals surface area contributed by atoms with Crippen molar-refractivity contribution in [2.45, 2.75) is 4.73 Å². The van der Waals surface area contributed by atoms with Crippen molar-refractivity contribution in [1.82, 2.24) is 3.38 Å². The quantitative estimate of drug-likeness (QED) is 0.645. The Bertz CT molecular complexity index is 196. The summed E-state index contributed by atoms with van der Waals surface area (Å²) in [6.45, 7) is 0. The van der Waals surface area contributed by atoms with Crippen LogP contribution in [0.3, 0.4) is 0 Å². The number of nitrogens with zero attached hydrogens (tertiary/aromatic N) is 1. The second-order valence-electron chi connectivity index (χ2n) is 2.71. The Kier molecular flexibility index (Phi) is 3.85. The monoisotopic (exact) mass is 183 g/mol. The first-order chi connectivity index (χ1) is 5.29. The topological polar surface area (TPSA) is 3.24 Å². The maximum atomic E-state index is 2.33. The number of benzene rings is 1. The molecule has 58 valence electrons. The third kappa shape index (κ3) is 3.71. The van der Waals surface area contributed by atoms with Gasteiger partial charge in [-0.05, 0) is 0 Å². The Morgan fingerprint density at radius 3 is 2.36 bits per heavy atom. The van der Waals surface area contributed by atoms with Crippen LogP contribution in [0, 0.1) is 0 Å². The average molecular weight is 183 g/mol. The fourth-order valence-electron chi connectivity index (χ4n) is 0.845. The molecule has 0 aliphatic heterocycles. The zero-order chi connectivity index (χ0) is 8.10. The molecule has 1 aromatic carbocycles. The van der Waals surface area contributed by atoms with Crippen LogP contribution in [0.5, 0.6) is 0 Å². The number of hydrogen-bond donors (Lipinski definition) is 0. The standard InChI is InChI=1S/C7H7.C2H6N.Ti/c1-7-5-3-2-4-6-7;1-3-2;/h2-6H,1H2;1-2H3;/q;-1;+1. The second-order valence-corrected chi connectivity index (χ2v) is 5.16. The molecule has 0 unspecified atom stereocenters. The fraction of sp³-hybridized carbons (Fsp3) is 0.333. The van der Waals surface area contributed by atoms with Gasteiger partial charge in [-0.2, -0.15) is 0 Å². The van der Waals surface area contributed by atoms with Crippen LogP contribution in [0.4, 0.5) is 0 Å². The number of hydrogen-bond acceptors (Lipinski definition) is 1. The van der Waals surface area contributed by atoms with Gasteiger partial charge in [0, 0.05) is 0 Å². The molecule has 0 aliphatic carbocycles. The Morgan fingerprint density at radius 1 is 1.18 bits per heavy atom. The molecule has 0 heterocycles. The van der Waals surface area contributed by atoms with E-state index in [9.17, 15) is 0 Å². The first kappa shape index (κ1) is 8.99. The summed E-state index contributed by atoms with van der Waals surface area (Å²) in [7, 11) is 4.31. The van der Waals surface area contributed by atoms with Crippen LogP contribution < -0.4 is 0 Å². The summed E-state index contributed by atoms with van der Waals surface area (Å²) >= 11 is 0.0959. The van der Waals surface area contributed by atoms with Gasteiger partial charge in [0.1, 0.15) is 0 Å². The molecule has 0 aliphatic rings. The molecule has 0 fully saturated rings. The Labute approximate surface area is 77.6 Å². The van der Waals surface area contributed by atoms with E-state index in [-0.39, 0.29) is 19.4 Å². The van der Waals surface area contributed by atoms with Gasteiger partial charge in [-0.25, -0.2) is 0 Å². The van der Waals surface area contributed by atoms with Gasteiger partial charge < -0.3 is 0 Å². The summed E-state index contributed by atoms with van der Waals surface area (Å²) in [5.41, 5.74) is 1.47. The van der Waals surface area contributed by atoms with Gasteiger partial charge in [0.2, 0.25) is 0 Å². The maximum absolute atomic E-state index is 2.33. The van der Waals surface area contributed by atoms with E-state index in [2.05, 4.69) is 47.8 Å². The molecule has 0 aromatic heterocycles. The van der Waals surface area contributed by atoms with E-state index in [0.29, 0.717) is 0 Å². The van der Waals surface area contributed by atoms with Crippen LogP contribution >= 0.6 is 0 Å². The van der Waals surface area contributed by atoms with Crippen molar-refractivity contribution in [3.63, 3.8) is 0 Å². The molecule has 0 radical (unpaired) electrons. The molecule has 0 atom stereocenters. The van der Waals surface area contributed by atoms with Gasteiger partial charge in [-0.3, -0.25) is 0 Å². The van der Waals surface area contributed by atoms with Crippen LogP contribution in [-0.2, 0) is 24.1 Å². The van der Waals surface area contributed by atoms with Crippen molar-refractivity contribution >= 4 is 0 Å². The molecule has 1 rings (SSSR count). The van der Waals surface area contributed by atoms with Gasteiger partial charge in [-0.1, -0.05) is 0 Å². The fourth-order valence-corrected chi connectivity index (χ4v) is 1.99. The van der Waals surface area contributed by atoms with Crippen molar-refractivity contribution in [3.05, 3.63) is 35.9 Å². The van der Waals surface area contributed by atoms with E-state index in [0.717, 1.165) is 0 Å². The van der Waals surface area contributed by atoms with Gasteiger partial charge in [0.15, 0.2) is 0 Å². The Hall–Kier alpha value is -0.106. The average Bonchev–Trinajstić information content (AvgIpc) is 2.03. The molecule has 0 saturated carbocycles. The molecular weight excluding hydrogens is 170 g/mol. The molecule has 1 aromatic rings. The summed E-state index contributed by atoms with van der Waals surface area (Å²) in [4.78, 5) is 0. The van der Waals surface area contributed by atoms with E-state index < -0.39 is 0 Å². The Balaban J connectivity index is 2.39. The van der Waals surface area contributed by atoms with Crippen molar-refractivity contribution in [1.29, 1.82) is 0 Å².